The predicted molar refractivity (Wildman–Crippen MR) is 92.0 cm³/mol. The molecule has 1 atom stereocenters. The maximum atomic E-state index is 12.2. The van der Waals surface area contributed by atoms with Crippen LogP contribution in [0.5, 0.6) is 5.75 Å². The number of carbonyl (C=O) groups is 1. The lowest BCUT2D eigenvalue weighted by atomic mass is 10.1. The van der Waals surface area contributed by atoms with E-state index in [0.717, 1.165) is 15.4 Å². The molecule has 5 heteroatoms. The first-order valence-corrected chi connectivity index (χ1v) is 8.12. The highest BCUT2D eigenvalue weighted by Crippen LogP contribution is 2.23. The zero-order valence-corrected chi connectivity index (χ0v) is 14.9. The van der Waals surface area contributed by atoms with Crippen molar-refractivity contribution < 1.29 is 9.53 Å². The number of fused-ring (bicyclic) bond motifs is 1. The molecule has 1 unspecified atom stereocenters. The summed E-state index contributed by atoms with van der Waals surface area (Å²) in [6, 6.07) is 7.76. The molecule has 0 aliphatic carbocycles. The summed E-state index contributed by atoms with van der Waals surface area (Å²) in [6.07, 6.45) is 1.73. The monoisotopic (exact) mass is 364 g/mol. The van der Waals surface area contributed by atoms with E-state index in [1.807, 2.05) is 52.0 Å². The van der Waals surface area contributed by atoms with Gasteiger partial charge in [-0.3, -0.25) is 9.78 Å². The summed E-state index contributed by atoms with van der Waals surface area (Å²) in [7, 11) is 0. The van der Waals surface area contributed by atoms with Gasteiger partial charge in [-0.1, -0.05) is 22.9 Å². The summed E-state index contributed by atoms with van der Waals surface area (Å²) in [4.78, 5) is 16.6. The minimum Gasteiger partial charge on any atom is -0.479 e. The van der Waals surface area contributed by atoms with E-state index in [0.29, 0.717) is 12.2 Å². The standard InChI is InChI=1S/C17H21BrN2O2/c1-5-15(16(21)20-17(2,3)4)22-13-9-11-8-12(18)6-7-14(11)19-10-13/h6-10,15H,5H2,1-4H3,(H,20,21). The van der Waals surface area contributed by atoms with Gasteiger partial charge in [-0.05, 0) is 51.5 Å². The molecule has 1 amide bonds. The predicted octanol–water partition coefficient (Wildman–Crippen LogP) is 4.07. The zero-order valence-electron chi connectivity index (χ0n) is 13.3. The van der Waals surface area contributed by atoms with Gasteiger partial charge in [-0.2, -0.15) is 0 Å². The first-order valence-electron chi connectivity index (χ1n) is 7.32. The van der Waals surface area contributed by atoms with Crippen LogP contribution in [0, 0.1) is 0 Å². The van der Waals surface area contributed by atoms with Gasteiger partial charge in [0.1, 0.15) is 5.75 Å². The number of benzene rings is 1. The average Bonchev–Trinajstić information content (AvgIpc) is 2.42. The Kier molecular flexibility index (Phi) is 5.06. The lowest BCUT2D eigenvalue weighted by Gasteiger charge is -2.24. The number of hydrogen-bond donors (Lipinski definition) is 1. The highest BCUT2D eigenvalue weighted by atomic mass is 79.9. The van der Waals surface area contributed by atoms with Crippen molar-refractivity contribution in [2.75, 3.05) is 0 Å². The second-order valence-corrected chi connectivity index (χ2v) is 7.18. The van der Waals surface area contributed by atoms with Crippen molar-refractivity contribution >= 4 is 32.7 Å². The third-order valence-electron chi connectivity index (χ3n) is 3.06. The number of nitrogens with zero attached hydrogens (tertiary/aromatic N) is 1. The van der Waals surface area contributed by atoms with Gasteiger partial charge >= 0.3 is 0 Å². The molecular weight excluding hydrogens is 344 g/mol. The molecule has 0 aliphatic rings. The van der Waals surface area contributed by atoms with Crippen molar-refractivity contribution in [1.82, 2.24) is 10.3 Å². The fourth-order valence-corrected chi connectivity index (χ4v) is 2.46. The Labute approximate surface area is 139 Å². The zero-order chi connectivity index (χ0) is 16.3. The quantitative estimate of drug-likeness (QED) is 0.889. The summed E-state index contributed by atoms with van der Waals surface area (Å²) < 4.78 is 6.81. The van der Waals surface area contributed by atoms with Crippen molar-refractivity contribution in [3.05, 3.63) is 34.9 Å². The number of rotatable bonds is 4. The second kappa shape index (κ2) is 6.65. The summed E-state index contributed by atoms with van der Waals surface area (Å²) in [5.74, 6) is 0.492. The molecule has 22 heavy (non-hydrogen) atoms. The van der Waals surface area contributed by atoms with E-state index in [2.05, 4.69) is 26.2 Å². The third-order valence-corrected chi connectivity index (χ3v) is 3.55. The van der Waals surface area contributed by atoms with Crippen molar-refractivity contribution in [2.45, 2.75) is 45.8 Å². The molecule has 118 valence electrons. The normalized spacial score (nSPS) is 13.0. The largest absolute Gasteiger partial charge is 0.479 e. The Morgan fingerprint density at radius 2 is 2.09 bits per heavy atom. The van der Waals surface area contributed by atoms with Crippen molar-refractivity contribution in [1.29, 1.82) is 0 Å². The molecule has 2 rings (SSSR count). The van der Waals surface area contributed by atoms with Gasteiger partial charge in [-0.15, -0.1) is 0 Å². The fraction of sp³-hybridized carbons (Fsp3) is 0.412. The van der Waals surface area contributed by atoms with E-state index in [1.54, 1.807) is 6.20 Å². The maximum Gasteiger partial charge on any atom is 0.261 e. The molecule has 1 aromatic heterocycles. The van der Waals surface area contributed by atoms with Gasteiger partial charge in [-0.25, -0.2) is 0 Å². The highest BCUT2D eigenvalue weighted by molar-refractivity contribution is 9.10. The molecule has 0 radical (unpaired) electrons. The number of carbonyl (C=O) groups excluding carboxylic acids is 1. The van der Waals surface area contributed by atoms with Gasteiger partial charge in [0.25, 0.3) is 5.91 Å². The molecule has 1 N–H and O–H groups in total. The molecule has 0 aliphatic heterocycles. The Bertz CT molecular complexity index is 680. The number of aromatic nitrogens is 1. The van der Waals surface area contributed by atoms with Crippen molar-refractivity contribution in [3.8, 4) is 5.75 Å². The highest BCUT2D eigenvalue weighted by Gasteiger charge is 2.23. The van der Waals surface area contributed by atoms with Crippen LogP contribution in [0.2, 0.25) is 0 Å². The van der Waals surface area contributed by atoms with Crippen LogP contribution < -0.4 is 10.1 Å². The van der Waals surface area contributed by atoms with Crippen LogP contribution in [0.15, 0.2) is 34.9 Å². The van der Waals surface area contributed by atoms with E-state index in [4.69, 9.17) is 4.74 Å². The second-order valence-electron chi connectivity index (χ2n) is 6.26. The molecule has 1 aromatic carbocycles. The van der Waals surface area contributed by atoms with Crippen LogP contribution in [0.25, 0.3) is 10.9 Å². The molecule has 4 nitrogen and oxygen atoms in total. The van der Waals surface area contributed by atoms with Gasteiger partial charge in [0.2, 0.25) is 0 Å². The minimum atomic E-state index is -0.523. The van der Waals surface area contributed by atoms with Gasteiger partial charge in [0.05, 0.1) is 11.7 Å². The van der Waals surface area contributed by atoms with Gasteiger partial charge in [0.15, 0.2) is 6.10 Å². The smallest absolute Gasteiger partial charge is 0.261 e. The first kappa shape index (κ1) is 16.7. The van der Waals surface area contributed by atoms with Gasteiger partial charge < -0.3 is 10.1 Å². The lowest BCUT2D eigenvalue weighted by molar-refractivity contribution is -0.129. The molecule has 0 saturated carbocycles. The Hall–Kier alpha value is -1.62. The number of amides is 1. The van der Waals surface area contributed by atoms with Crippen LogP contribution in [-0.2, 0) is 4.79 Å². The van der Waals surface area contributed by atoms with E-state index in [9.17, 15) is 4.79 Å². The van der Waals surface area contributed by atoms with Gasteiger partial charge in [0, 0.05) is 15.4 Å². The first-order chi connectivity index (χ1) is 10.3. The van der Waals surface area contributed by atoms with E-state index in [1.165, 1.54) is 0 Å². The van der Waals surface area contributed by atoms with Crippen LogP contribution in [0.3, 0.4) is 0 Å². The van der Waals surface area contributed by atoms with Crippen molar-refractivity contribution in [2.24, 2.45) is 0 Å². The molecule has 0 spiro atoms. The number of nitrogens with one attached hydrogen (secondary N) is 1. The van der Waals surface area contributed by atoms with E-state index >= 15 is 0 Å². The van der Waals surface area contributed by atoms with E-state index < -0.39 is 6.10 Å². The molecule has 0 saturated heterocycles. The van der Waals surface area contributed by atoms with E-state index in [-0.39, 0.29) is 11.4 Å². The Morgan fingerprint density at radius 3 is 2.73 bits per heavy atom. The summed E-state index contributed by atoms with van der Waals surface area (Å²) in [5, 5.41) is 3.92. The number of pyridine rings is 1. The molecule has 0 fully saturated rings. The number of ether oxygens (including phenoxy) is 1. The van der Waals surface area contributed by atoms with Crippen LogP contribution in [0.1, 0.15) is 34.1 Å². The Balaban J connectivity index is 2.18. The Morgan fingerprint density at radius 1 is 1.36 bits per heavy atom. The fourth-order valence-electron chi connectivity index (χ4n) is 2.08. The topological polar surface area (TPSA) is 51.2 Å². The maximum absolute atomic E-state index is 12.2. The van der Waals surface area contributed by atoms with Crippen LogP contribution in [-0.4, -0.2) is 22.5 Å². The summed E-state index contributed by atoms with van der Waals surface area (Å²) in [5.41, 5.74) is 0.614. The summed E-state index contributed by atoms with van der Waals surface area (Å²) >= 11 is 3.45. The number of hydrogen-bond acceptors (Lipinski definition) is 3. The lowest BCUT2D eigenvalue weighted by Crippen LogP contribution is -2.47. The SMILES string of the molecule is CCC(Oc1cnc2ccc(Br)cc2c1)C(=O)NC(C)(C)C. The average molecular weight is 365 g/mol. The van der Waals surface area contributed by atoms with Crippen molar-refractivity contribution in [3.63, 3.8) is 0 Å². The van der Waals surface area contributed by atoms with Crippen LogP contribution in [0.4, 0.5) is 0 Å². The molecule has 0 bridgehead atoms. The van der Waals surface area contributed by atoms with Crippen LogP contribution >= 0.6 is 15.9 Å². The molecule has 2 aromatic rings. The third kappa shape index (κ3) is 4.44. The molecule has 1 heterocycles. The molecular formula is C17H21BrN2O2. The number of halogens is 1. The summed E-state index contributed by atoms with van der Waals surface area (Å²) in [6.45, 7) is 7.78. The minimum absolute atomic E-state index is 0.107.